The number of sulfonamides is 1. The maximum atomic E-state index is 13.5. The van der Waals surface area contributed by atoms with Crippen LogP contribution in [0.5, 0.6) is 0 Å². The summed E-state index contributed by atoms with van der Waals surface area (Å²) in [5.74, 6) is -0.822. The van der Waals surface area contributed by atoms with Crippen molar-refractivity contribution in [1.82, 2.24) is 13.8 Å². The lowest BCUT2D eigenvalue weighted by Crippen LogP contribution is -2.51. The lowest BCUT2D eigenvalue weighted by molar-refractivity contribution is -0.133. The summed E-state index contributed by atoms with van der Waals surface area (Å²) in [7, 11) is -3.69. The summed E-state index contributed by atoms with van der Waals surface area (Å²) in [5.41, 5.74) is 5.64. The highest BCUT2D eigenvalue weighted by molar-refractivity contribution is 7.89. The van der Waals surface area contributed by atoms with Gasteiger partial charge in [0.25, 0.3) is 0 Å². The SMILES string of the molecule is Cc1c(C)c(C)c(S(=O)(=O)N2CCN(C(=O)Cn3c(=O)oc4ccccc43)CC2)c(C)c1C. The molecule has 2 heterocycles. The van der Waals surface area contributed by atoms with Crippen molar-refractivity contribution < 1.29 is 17.6 Å². The Morgan fingerprint density at radius 3 is 2.03 bits per heavy atom. The summed E-state index contributed by atoms with van der Waals surface area (Å²) in [4.78, 5) is 27.0. The normalized spacial score (nSPS) is 15.4. The first-order chi connectivity index (χ1) is 15.5. The van der Waals surface area contributed by atoms with Gasteiger partial charge in [0.2, 0.25) is 15.9 Å². The van der Waals surface area contributed by atoms with Crippen LogP contribution in [-0.4, -0.2) is 54.3 Å². The fourth-order valence-electron chi connectivity index (χ4n) is 4.56. The zero-order valence-corrected chi connectivity index (χ0v) is 20.5. The molecule has 1 fully saturated rings. The monoisotopic (exact) mass is 471 g/mol. The fraction of sp³-hybridized carbons (Fsp3) is 0.417. The number of rotatable bonds is 4. The molecule has 0 spiro atoms. The minimum atomic E-state index is -3.69. The van der Waals surface area contributed by atoms with Gasteiger partial charge in [-0.15, -0.1) is 0 Å². The third kappa shape index (κ3) is 3.89. The molecule has 9 heteroatoms. The number of fused-ring (bicyclic) bond motifs is 1. The summed E-state index contributed by atoms with van der Waals surface area (Å²) < 4.78 is 35.0. The van der Waals surface area contributed by atoms with E-state index in [-0.39, 0.29) is 38.6 Å². The molecule has 176 valence electrons. The number of benzene rings is 2. The molecule has 0 N–H and O–H groups in total. The summed E-state index contributed by atoms with van der Waals surface area (Å²) >= 11 is 0. The van der Waals surface area contributed by atoms with Crippen LogP contribution >= 0.6 is 0 Å². The molecule has 1 aromatic heterocycles. The Morgan fingerprint density at radius 1 is 0.879 bits per heavy atom. The van der Waals surface area contributed by atoms with E-state index in [1.165, 1.54) is 8.87 Å². The Bertz CT molecular complexity index is 1380. The van der Waals surface area contributed by atoms with Crippen LogP contribution < -0.4 is 5.76 Å². The van der Waals surface area contributed by atoms with Crippen LogP contribution in [0.15, 0.2) is 38.4 Å². The molecule has 0 aliphatic carbocycles. The van der Waals surface area contributed by atoms with Gasteiger partial charge < -0.3 is 9.32 Å². The van der Waals surface area contributed by atoms with Gasteiger partial charge in [-0.25, -0.2) is 13.2 Å². The molecule has 8 nitrogen and oxygen atoms in total. The zero-order valence-electron chi connectivity index (χ0n) is 19.6. The van der Waals surface area contributed by atoms with Crippen molar-refractivity contribution in [3.05, 3.63) is 62.6 Å². The Labute approximate surface area is 193 Å². The largest absolute Gasteiger partial charge is 0.420 e. The van der Waals surface area contributed by atoms with Crippen LogP contribution in [-0.2, 0) is 21.4 Å². The second-order valence-electron chi connectivity index (χ2n) is 8.66. The molecule has 0 bridgehead atoms. The number of nitrogens with zero attached hydrogens (tertiary/aromatic N) is 3. The highest BCUT2D eigenvalue weighted by atomic mass is 32.2. The van der Waals surface area contributed by atoms with Crippen LogP contribution in [0.3, 0.4) is 0 Å². The lowest BCUT2D eigenvalue weighted by Gasteiger charge is -2.35. The smallest absolute Gasteiger partial charge is 0.408 e. The quantitative estimate of drug-likeness (QED) is 0.583. The van der Waals surface area contributed by atoms with Crippen LogP contribution in [0, 0.1) is 34.6 Å². The second kappa shape index (κ2) is 8.46. The highest BCUT2D eigenvalue weighted by Crippen LogP contribution is 2.32. The van der Waals surface area contributed by atoms with E-state index in [9.17, 15) is 18.0 Å². The molecule has 3 aromatic rings. The number of aromatic nitrogens is 1. The predicted octanol–water partition coefficient (Wildman–Crippen LogP) is 2.67. The molecule has 33 heavy (non-hydrogen) atoms. The van der Waals surface area contributed by atoms with E-state index >= 15 is 0 Å². The molecule has 0 unspecified atom stereocenters. The molecule has 0 saturated carbocycles. The molecule has 1 amide bonds. The van der Waals surface area contributed by atoms with Crippen molar-refractivity contribution in [1.29, 1.82) is 0 Å². The van der Waals surface area contributed by atoms with E-state index in [2.05, 4.69) is 0 Å². The number of hydrogen-bond donors (Lipinski definition) is 0. The molecule has 1 aliphatic rings. The Hall–Kier alpha value is -2.91. The first-order valence-corrected chi connectivity index (χ1v) is 12.4. The van der Waals surface area contributed by atoms with Gasteiger partial charge in [0.05, 0.1) is 10.4 Å². The highest BCUT2D eigenvalue weighted by Gasteiger charge is 2.33. The molecule has 2 aromatic carbocycles. The van der Waals surface area contributed by atoms with Crippen molar-refractivity contribution >= 4 is 27.0 Å². The third-order valence-electron chi connectivity index (χ3n) is 6.99. The second-order valence-corrected chi connectivity index (χ2v) is 10.5. The molecule has 0 radical (unpaired) electrons. The number of para-hydroxylation sites is 2. The molecular weight excluding hydrogens is 442 g/mol. The first-order valence-electron chi connectivity index (χ1n) is 11.0. The Balaban J connectivity index is 1.52. The molecular formula is C24H29N3O5S. The van der Waals surface area contributed by atoms with Gasteiger partial charge in [0.1, 0.15) is 6.54 Å². The number of amides is 1. The van der Waals surface area contributed by atoms with Crippen molar-refractivity contribution in [2.45, 2.75) is 46.1 Å². The zero-order chi connectivity index (χ0) is 24.1. The lowest BCUT2D eigenvalue weighted by atomic mass is 9.95. The number of piperazine rings is 1. The van der Waals surface area contributed by atoms with E-state index in [0.717, 1.165) is 27.8 Å². The van der Waals surface area contributed by atoms with Crippen LogP contribution in [0.25, 0.3) is 11.1 Å². The van der Waals surface area contributed by atoms with Gasteiger partial charge in [-0.05, 0) is 74.6 Å². The third-order valence-corrected chi connectivity index (χ3v) is 9.16. The van der Waals surface area contributed by atoms with Crippen molar-refractivity contribution in [3.63, 3.8) is 0 Å². The van der Waals surface area contributed by atoms with Gasteiger partial charge in [-0.2, -0.15) is 4.31 Å². The van der Waals surface area contributed by atoms with Gasteiger partial charge >= 0.3 is 5.76 Å². The predicted molar refractivity (Wildman–Crippen MR) is 126 cm³/mol. The number of hydrogen-bond acceptors (Lipinski definition) is 5. The van der Waals surface area contributed by atoms with E-state index in [4.69, 9.17) is 4.42 Å². The molecule has 0 atom stereocenters. The average molecular weight is 472 g/mol. The fourth-order valence-corrected chi connectivity index (χ4v) is 6.54. The summed E-state index contributed by atoms with van der Waals surface area (Å²) in [6.45, 7) is 10.4. The Kier molecular flexibility index (Phi) is 5.96. The van der Waals surface area contributed by atoms with E-state index < -0.39 is 15.8 Å². The standard InChI is InChI=1S/C24H29N3O5S/c1-15-16(2)18(4)23(19(5)17(15)3)33(30,31)26-12-10-25(11-13-26)22(28)14-27-20-8-6-7-9-21(20)32-24(27)29/h6-9H,10-14H2,1-5H3. The summed E-state index contributed by atoms with van der Waals surface area (Å²) in [6.07, 6.45) is 0. The molecule has 4 rings (SSSR count). The van der Waals surface area contributed by atoms with Crippen molar-refractivity contribution in [2.24, 2.45) is 0 Å². The van der Waals surface area contributed by atoms with E-state index in [0.29, 0.717) is 16.0 Å². The van der Waals surface area contributed by atoms with Crippen molar-refractivity contribution in [3.8, 4) is 0 Å². The van der Waals surface area contributed by atoms with Crippen LogP contribution in [0.1, 0.15) is 27.8 Å². The topological polar surface area (TPSA) is 92.8 Å². The molecule has 1 saturated heterocycles. The van der Waals surface area contributed by atoms with Crippen LogP contribution in [0.2, 0.25) is 0 Å². The summed E-state index contributed by atoms with van der Waals surface area (Å²) in [5, 5.41) is 0. The number of carbonyl (C=O) groups is 1. The first kappa shape index (κ1) is 23.3. The van der Waals surface area contributed by atoms with Gasteiger partial charge in [0, 0.05) is 26.2 Å². The number of oxazole rings is 1. The average Bonchev–Trinajstić information content (AvgIpc) is 3.11. The van der Waals surface area contributed by atoms with Gasteiger partial charge in [0.15, 0.2) is 5.58 Å². The Morgan fingerprint density at radius 2 is 1.42 bits per heavy atom. The molecule has 1 aliphatic heterocycles. The van der Waals surface area contributed by atoms with Gasteiger partial charge in [-0.3, -0.25) is 9.36 Å². The van der Waals surface area contributed by atoms with E-state index in [1.807, 2.05) is 34.6 Å². The minimum absolute atomic E-state index is 0.142. The summed E-state index contributed by atoms with van der Waals surface area (Å²) in [6, 6.07) is 6.95. The van der Waals surface area contributed by atoms with Crippen LogP contribution in [0.4, 0.5) is 0 Å². The number of carbonyl (C=O) groups excluding carboxylic acids is 1. The maximum absolute atomic E-state index is 13.5. The minimum Gasteiger partial charge on any atom is -0.408 e. The van der Waals surface area contributed by atoms with Gasteiger partial charge in [-0.1, -0.05) is 12.1 Å². The van der Waals surface area contributed by atoms with Crippen molar-refractivity contribution in [2.75, 3.05) is 26.2 Å². The van der Waals surface area contributed by atoms with E-state index in [1.54, 1.807) is 29.2 Å². The maximum Gasteiger partial charge on any atom is 0.420 e.